The lowest BCUT2D eigenvalue weighted by Gasteiger charge is -2.44. The number of rotatable bonds is 4. The standard InChI is InChI=1S/C24H40N2O6S/c1-13(2)10-14-7-8-31-21-15(11-14)12-25-17(21)23(30)26-16-6-4-3-5-9-33-24-20(29)18(27)19(28)22(16)32-24/h3,5,13-22,24-25,27-29H,4,6-12H2,1-2H3,(H,26,30)/b5-3+/t14-,15-,16+,17-,18?,19?,20?,21+,22?,24?/m0/s1. The largest absolute Gasteiger partial charge is 0.388 e. The van der Waals surface area contributed by atoms with E-state index in [1.54, 1.807) is 0 Å². The van der Waals surface area contributed by atoms with Crippen LogP contribution in [-0.4, -0.2) is 88.2 Å². The molecule has 8 nitrogen and oxygen atoms in total. The summed E-state index contributed by atoms with van der Waals surface area (Å²) in [7, 11) is 0. The average Bonchev–Trinajstić information content (AvgIpc) is 3.06. The first-order chi connectivity index (χ1) is 15.8. The Balaban J connectivity index is 1.44. The molecule has 10 atom stereocenters. The maximum Gasteiger partial charge on any atom is 0.240 e. The lowest BCUT2D eigenvalue weighted by Crippen LogP contribution is -2.64. The minimum atomic E-state index is -1.32. The van der Waals surface area contributed by atoms with Crippen LogP contribution in [0.3, 0.4) is 0 Å². The fourth-order valence-corrected chi connectivity index (χ4v) is 6.82. The van der Waals surface area contributed by atoms with Crippen molar-refractivity contribution in [1.29, 1.82) is 0 Å². The number of nitrogens with one attached hydrogen (secondary N) is 2. The second kappa shape index (κ2) is 11.4. The summed E-state index contributed by atoms with van der Waals surface area (Å²) >= 11 is 1.38. The summed E-state index contributed by atoms with van der Waals surface area (Å²) in [4.78, 5) is 13.4. The number of amides is 1. The van der Waals surface area contributed by atoms with E-state index in [-0.39, 0.29) is 12.0 Å². The van der Waals surface area contributed by atoms with E-state index < -0.39 is 41.9 Å². The van der Waals surface area contributed by atoms with E-state index in [4.69, 9.17) is 9.47 Å². The van der Waals surface area contributed by atoms with E-state index in [1.807, 2.05) is 6.08 Å². The van der Waals surface area contributed by atoms with Gasteiger partial charge in [-0.3, -0.25) is 4.79 Å². The van der Waals surface area contributed by atoms with Gasteiger partial charge >= 0.3 is 0 Å². The van der Waals surface area contributed by atoms with Crippen LogP contribution in [0.25, 0.3) is 0 Å². The summed E-state index contributed by atoms with van der Waals surface area (Å²) < 4.78 is 12.2. The van der Waals surface area contributed by atoms with Crippen molar-refractivity contribution in [3.05, 3.63) is 12.2 Å². The van der Waals surface area contributed by atoms with E-state index in [9.17, 15) is 20.1 Å². The topological polar surface area (TPSA) is 120 Å². The molecule has 33 heavy (non-hydrogen) atoms. The van der Waals surface area contributed by atoms with E-state index in [2.05, 4.69) is 30.6 Å². The zero-order valence-corrected chi connectivity index (χ0v) is 20.5. The Morgan fingerprint density at radius 1 is 1.15 bits per heavy atom. The van der Waals surface area contributed by atoms with Gasteiger partial charge in [-0.05, 0) is 49.9 Å². The van der Waals surface area contributed by atoms with Crippen molar-refractivity contribution in [3.63, 3.8) is 0 Å². The molecule has 4 aliphatic heterocycles. The average molecular weight is 485 g/mol. The fourth-order valence-electron chi connectivity index (χ4n) is 5.82. The number of ether oxygens (including phenoxy) is 2. The fraction of sp³-hybridized carbons (Fsp3) is 0.875. The number of hydrogen-bond acceptors (Lipinski definition) is 8. The van der Waals surface area contributed by atoms with Crippen LogP contribution in [0.4, 0.5) is 0 Å². The van der Waals surface area contributed by atoms with Crippen LogP contribution in [0, 0.1) is 17.8 Å². The number of hydrogen-bond donors (Lipinski definition) is 5. The Kier molecular flexibility index (Phi) is 8.76. The Hall–Kier alpha value is -0.680. The Bertz CT molecular complexity index is 694. The molecule has 4 aliphatic rings. The molecule has 4 heterocycles. The molecule has 9 heteroatoms. The van der Waals surface area contributed by atoms with Gasteiger partial charge in [0.1, 0.15) is 35.9 Å². The van der Waals surface area contributed by atoms with Gasteiger partial charge in [0.2, 0.25) is 5.91 Å². The minimum absolute atomic E-state index is 0.156. The summed E-state index contributed by atoms with van der Waals surface area (Å²) in [6.45, 7) is 5.94. The van der Waals surface area contributed by atoms with Crippen LogP contribution in [0.5, 0.6) is 0 Å². The van der Waals surface area contributed by atoms with E-state index >= 15 is 0 Å². The second-order valence-corrected chi connectivity index (χ2v) is 11.6. The van der Waals surface area contributed by atoms with E-state index in [0.717, 1.165) is 25.8 Å². The molecule has 0 aliphatic carbocycles. The highest BCUT2D eigenvalue weighted by molar-refractivity contribution is 7.99. The number of thioether (sulfide) groups is 1. The molecule has 1 amide bonds. The summed E-state index contributed by atoms with van der Waals surface area (Å²) in [6.07, 6.45) is 3.92. The summed E-state index contributed by atoms with van der Waals surface area (Å²) in [5.41, 5.74) is -0.660. The van der Waals surface area contributed by atoms with Gasteiger partial charge in [-0.2, -0.15) is 0 Å². The quantitative estimate of drug-likeness (QED) is 0.372. The van der Waals surface area contributed by atoms with Gasteiger partial charge in [0.15, 0.2) is 0 Å². The number of carbonyl (C=O) groups excluding carboxylic acids is 1. The normalized spacial score (nSPS) is 45.2. The summed E-state index contributed by atoms with van der Waals surface area (Å²) in [6, 6.07) is -0.930. The zero-order chi connectivity index (χ0) is 23.5. The zero-order valence-electron chi connectivity index (χ0n) is 19.6. The van der Waals surface area contributed by atoms with Crippen LogP contribution in [0.1, 0.15) is 46.0 Å². The molecule has 5 unspecified atom stereocenters. The highest BCUT2D eigenvalue weighted by Crippen LogP contribution is 2.34. The molecule has 0 saturated carbocycles. The maximum atomic E-state index is 13.4. The molecule has 3 saturated heterocycles. The predicted molar refractivity (Wildman–Crippen MR) is 127 cm³/mol. The molecule has 3 fully saturated rings. The molecular formula is C24H40N2O6S. The van der Waals surface area contributed by atoms with Crippen molar-refractivity contribution in [2.24, 2.45) is 17.8 Å². The lowest BCUT2D eigenvalue weighted by molar-refractivity contribution is -0.205. The third kappa shape index (κ3) is 5.94. The number of carbonyl (C=O) groups is 1. The molecule has 4 rings (SSSR count). The molecule has 0 spiro atoms. The van der Waals surface area contributed by atoms with Crippen molar-refractivity contribution < 1.29 is 29.6 Å². The van der Waals surface area contributed by atoms with Crippen molar-refractivity contribution in [2.75, 3.05) is 18.9 Å². The number of aliphatic hydroxyl groups excluding tert-OH is 3. The van der Waals surface area contributed by atoms with E-state index in [0.29, 0.717) is 36.5 Å². The van der Waals surface area contributed by atoms with Crippen LogP contribution < -0.4 is 10.6 Å². The van der Waals surface area contributed by atoms with Gasteiger partial charge < -0.3 is 35.4 Å². The molecule has 188 valence electrons. The highest BCUT2D eigenvalue weighted by Gasteiger charge is 2.48. The maximum absolute atomic E-state index is 13.4. The van der Waals surface area contributed by atoms with Gasteiger partial charge in [0.05, 0.1) is 12.1 Å². The van der Waals surface area contributed by atoms with Gasteiger partial charge in [-0.25, -0.2) is 0 Å². The monoisotopic (exact) mass is 484 g/mol. The lowest BCUT2D eigenvalue weighted by atomic mass is 9.85. The first-order valence-corrected chi connectivity index (χ1v) is 13.5. The van der Waals surface area contributed by atoms with Crippen molar-refractivity contribution in [1.82, 2.24) is 10.6 Å². The molecule has 0 aromatic rings. The van der Waals surface area contributed by atoms with Crippen molar-refractivity contribution in [2.45, 2.75) is 94.0 Å². The van der Waals surface area contributed by atoms with Crippen LogP contribution >= 0.6 is 11.8 Å². The summed E-state index contributed by atoms with van der Waals surface area (Å²) in [5, 5.41) is 37.9. The Morgan fingerprint density at radius 3 is 2.76 bits per heavy atom. The first kappa shape index (κ1) is 25.4. The Labute approximate surface area is 200 Å². The van der Waals surface area contributed by atoms with Gasteiger partial charge in [-0.1, -0.05) is 26.0 Å². The molecule has 0 aromatic heterocycles. The third-order valence-corrected chi connectivity index (χ3v) is 8.55. The SMILES string of the molecule is CC(C)C[C@@H]1CCO[C@@H]2[C@H](CN[C@@H]2C(=O)N[C@@H]2CC/C=C/CSC3OC2C(O)C(O)C3O)C1. The first-order valence-electron chi connectivity index (χ1n) is 12.5. The Morgan fingerprint density at radius 2 is 1.97 bits per heavy atom. The second-order valence-electron chi connectivity index (χ2n) is 10.4. The van der Waals surface area contributed by atoms with Crippen molar-refractivity contribution in [3.8, 4) is 0 Å². The van der Waals surface area contributed by atoms with Gasteiger partial charge in [0.25, 0.3) is 0 Å². The van der Waals surface area contributed by atoms with Crippen LogP contribution in [0.2, 0.25) is 0 Å². The number of fused-ring (bicyclic) bond motifs is 3. The molecular weight excluding hydrogens is 444 g/mol. The number of aliphatic hydroxyl groups is 3. The van der Waals surface area contributed by atoms with E-state index in [1.165, 1.54) is 18.2 Å². The molecule has 2 bridgehead atoms. The predicted octanol–water partition coefficient (Wildman–Crippen LogP) is 0.791. The minimum Gasteiger partial charge on any atom is -0.388 e. The highest BCUT2D eigenvalue weighted by atomic mass is 32.2. The summed E-state index contributed by atoms with van der Waals surface area (Å²) in [5.74, 6) is 2.09. The van der Waals surface area contributed by atoms with Crippen LogP contribution in [-0.2, 0) is 14.3 Å². The number of allylic oxidation sites excluding steroid dienone is 1. The van der Waals surface area contributed by atoms with Crippen molar-refractivity contribution >= 4 is 17.7 Å². The van der Waals surface area contributed by atoms with Crippen LogP contribution in [0.15, 0.2) is 12.2 Å². The molecule has 0 radical (unpaired) electrons. The van der Waals surface area contributed by atoms with Gasteiger partial charge in [0, 0.05) is 18.9 Å². The van der Waals surface area contributed by atoms with Gasteiger partial charge in [-0.15, -0.1) is 11.8 Å². The molecule has 0 aromatic carbocycles. The molecule has 5 N–H and O–H groups in total. The smallest absolute Gasteiger partial charge is 0.240 e. The third-order valence-electron chi connectivity index (χ3n) is 7.45.